The minimum Gasteiger partial charge on any atom is -0.0683 e. The standard InChI is InChI=1S/C8H16.2C7H14.C6H12.C6H14.2C5H12.4C4H10.C3H8.C2H6/c1-2-8-6-4-3-5-7-8;1-7-5-3-2-4-6-7;1-2-7-5-3-4-6-7;1-6-4-2-3-5-6;1-5-6(2,3)4;1-4-5(2)3;1-3-5-4-2;2*1-4(2)3;2*1-3-4-2;1-3-2;1-2/h8H,2-7H2,1H3;2*7H,2-6H2,1H3;6H,2-5H2,1H3;5H2,1-4H3;5H,4H2,1-3H3;3-5H2,1-2H3;2*4H,1-3H3;2*3-4H2,1-2H3;3H2,1-2H3;1-2H3/i2D2;7D;2D2;6D;5D2;4D2;;4D;;3D2;;;. The van der Waals surface area contributed by atoms with Crippen LogP contribution in [0, 0.1) is 46.8 Å². The summed E-state index contributed by atoms with van der Waals surface area (Å²) in [6, 6.07) is 0. The summed E-state index contributed by atoms with van der Waals surface area (Å²) in [6.45, 7) is 52.6. The third kappa shape index (κ3) is 133. The van der Waals surface area contributed by atoms with E-state index in [4.69, 9.17) is 17.8 Å². The van der Waals surface area contributed by atoms with E-state index < -0.39 is 31.9 Å². The molecule has 4 aliphatic carbocycles. The Morgan fingerprint density at radius 3 is 0.754 bits per heavy atom. The summed E-state index contributed by atoms with van der Waals surface area (Å²) in [6.07, 6.45) is 25.3. The van der Waals surface area contributed by atoms with Crippen molar-refractivity contribution in [1.82, 2.24) is 0 Å². The Hall–Kier alpha value is 0. The van der Waals surface area contributed by atoms with E-state index in [2.05, 4.69) is 62.3 Å². The van der Waals surface area contributed by atoms with Crippen molar-refractivity contribution in [3.05, 3.63) is 0 Å². The van der Waals surface area contributed by atoms with Gasteiger partial charge >= 0.3 is 0 Å². The zero-order chi connectivity index (χ0) is 64.5. The molecule has 0 N–H and O–H groups in total. The molecule has 0 aromatic carbocycles. The van der Waals surface area contributed by atoms with Crippen LogP contribution in [0.15, 0.2) is 0 Å². The fourth-order valence-electron chi connectivity index (χ4n) is 5.09. The van der Waals surface area contributed by atoms with Gasteiger partial charge in [-0.2, -0.15) is 0 Å². The lowest BCUT2D eigenvalue weighted by Crippen LogP contribution is -2.03. The van der Waals surface area contributed by atoms with Crippen molar-refractivity contribution in [1.29, 1.82) is 0 Å². The molecule has 0 bridgehead atoms. The molecule has 4 rings (SSSR count). The predicted molar refractivity (Wildman–Crippen MR) is 319 cm³/mol. The maximum atomic E-state index is 7.63. The van der Waals surface area contributed by atoms with Gasteiger partial charge in [0.25, 0.3) is 0 Å². The Kier molecular flexibility index (Phi) is 67.3. The first-order valence-corrected chi connectivity index (χ1v) is 28.4. The van der Waals surface area contributed by atoms with Gasteiger partial charge in [-0.15, -0.1) is 0 Å². The van der Waals surface area contributed by atoms with Gasteiger partial charge < -0.3 is 0 Å². The average molecular weight is 943 g/mol. The van der Waals surface area contributed by atoms with E-state index in [0.29, 0.717) is 18.3 Å². The van der Waals surface area contributed by atoms with Crippen molar-refractivity contribution in [3.8, 4) is 0 Å². The van der Waals surface area contributed by atoms with Crippen molar-refractivity contribution in [2.45, 2.75) is 379 Å². The minimum absolute atomic E-state index is 0.0556. The van der Waals surface area contributed by atoms with Crippen molar-refractivity contribution in [3.63, 3.8) is 0 Å². The Bertz CT molecular complexity index is 1100. The summed E-state index contributed by atoms with van der Waals surface area (Å²) in [5.74, 6) is 1.27. The molecule has 0 radical (unpaired) electrons. The summed E-state index contributed by atoms with van der Waals surface area (Å²) in [5.41, 5.74) is -0.229. The number of hydrogen-bond acceptors (Lipinski definition) is 0. The summed E-state index contributed by atoms with van der Waals surface area (Å²) < 4.78 is 94.1. The van der Waals surface area contributed by atoms with Crippen LogP contribution < -0.4 is 0 Å². The van der Waals surface area contributed by atoms with E-state index in [1.54, 1.807) is 34.6 Å². The molecule has 0 spiro atoms. The van der Waals surface area contributed by atoms with E-state index in [-0.39, 0.29) is 29.0 Å². The Morgan fingerprint density at radius 2 is 0.662 bits per heavy atom. The number of unbranched alkanes of at least 4 members (excludes halogenated alkanes) is 3. The van der Waals surface area contributed by atoms with E-state index in [1.807, 2.05) is 90.0 Å². The molecule has 0 heterocycles. The molecular formula is C65H148. The van der Waals surface area contributed by atoms with Crippen molar-refractivity contribution >= 4 is 0 Å². The lowest BCUT2D eigenvalue weighted by atomic mass is 9.88. The largest absolute Gasteiger partial charge is 0.0683 e. The number of rotatable bonds is 7. The Morgan fingerprint density at radius 1 is 0.462 bits per heavy atom. The van der Waals surface area contributed by atoms with Crippen LogP contribution in [0.25, 0.3) is 0 Å². The van der Waals surface area contributed by atoms with Gasteiger partial charge in [0, 0.05) is 17.8 Å². The van der Waals surface area contributed by atoms with Crippen LogP contribution in [-0.2, 0) is 0 Å². The quantitative estimate of drug-likeness (QED) is 0.239. The van der Waals surface area contributed by atoms with E-state index >= 15 is 0 Å². The van der Waals surface area contributed by atoms with Gasteiger partial charge in [-0.05, 0) is 46.8 Å². The minimum atomic E-state index is -1.06. The normalized spacial score (nSPS) is 20.6. The molecule has 408 valence electrons. The van der Waals surface area contributed by atoms with E-state index in [1.165, 1.54) is 103 Å². The first kappa shape index (κ1) is 55.9. The maximum Gasteiger partial charge on any atom is 0.0300 e. The van der Waals surface area contributed by atoms with Crippen molar-refractivity contribution in [2.24, 2.45) is 46.8 Å². The van der Waals surface area contributed by atoms with Gasteiger partial charge in [0.2, 0.25) is 0 Å². The fraction of sp³-hybridized carbons (Fsp3) is 1.00. The molecule has 0 aromatic heterocycles. The van der Waals surface area contributed by atoms with Crippen molar-refractivity contribution < 1.29 is 17.8 Å². The third-order valence-corrected chi connectivity index (χ3v) is 9.83. The highest BCUT2D eigenvalue weighted by Gasteiger charge is 2.11. The van der Waals surface area contributed by atoms with Crippen LogP contribution in [0.4, 0.5) is 0 Å². The molecule has 0 aromatic rings. The first-order chi connectivity index (χ1) is 34.9. The zero-order valence-electron chi connectivity index (χ0n) is 64.5. The lowest BCUT2D eigenvalue weighted by molar-refractivity contribution is 0.349. The third-order valence-electron chi connectivity index (χ3n) is 9.83. The Balaban J connectivity index is -0.0000000961. The van der Waals surface area contributed by atoms with Crippen LogP contribution in [0.5, 0.6) is 0 Å². The smallest absolute Gasteiger partial charge is 0.0300 e. The van der Waals surface area contributed by atoms with Gasteiger partial charge in [0.15, 0.2) is 0 Å². The van der Waals surface area contributed by atoms with E-state index in [0.717, 1.165) is 57.3 Å². The average Bonchev–Trinajstić information content (AvgIpc) is 3.97. The van der Waals surface area contributed by atoms with Crippen LogP contribution >= 0.6 is 0 Å². The molecule has 0 aliphatic heterocycles. The zero-order valence-corrected chi connectivity index (χ0v) is 51.5. The highest BCUT2D eigenvalue weighted by Crippen LogP contribution is 2.27. The van der Waals surface area contributed by atoms with Crippen molar-refractivity contribution in [2.75, 3.05) is 0 Å². The second-order valence-electron chi connectivity index (χ2n) is 20.5. The molecule has 4 aliphatic rings. The lowest BCUT2D eigenvalue weighted by Gasteiger charge is -2.18. The molecule has 4 fully saturated rings. The van der Waals surface area contributed by atoms with Gasteiger partial charge in [-0.3, -0.25) is 0 Å². The molecule has 65 heavy (non-hydrogen) atoms. The molecule has 0 nitrogen and oxygen atoms in total. The topological polar surface area (TPSA) is 0 Å². The van der Waals surface area contributed by atoms with E-state index in [9.17, 15) is 0 Å². The van der Waals surface area contributed by atoms with Crippen LogP contribution in [0.3, 0.4) is 0 Å². The van der Waals surface area contributed by atoms with Crippen LogP contribution in [0.1, 0.15) is 397 Å². The molecule has 0 unspecified atom stereocenters. The van der Waals surface area contributed by atoms with Gasteiger partial charge in [0.05, 0.1) is 0 Å². The molecule has 4 saturated carbocycles. The van der Waals surface area contributed by atoms with Gasteiger partial charge in [0.1, 0.15) is 0 Å². The van der Waals surface area contributed by atoms with Gasteiger partial charge in [-0.1, -0.05) is 379 Å². The predicted octanol–water partition coefficient (Wildman–Crippen LogP) is 26.4. The Labute approximate surface area is 442 Å². The second kappa shape index (κ2) is 78.2. The SMILES string of the molecule is CC.CC(C)C.CCC.CCCC.CCCCC.[2H]C(C)(C)C.[2H]C([2H])(C)C(C)(C)C.[2H]C([2H])(C)C(C)C.[2H]C([2H])(C)C1CCCC1.[2H]C([2H])(C)C1CCCCC1.[2H]C([2H])(C)CC.[2H]C1(C)CCCC1.[2H]C1(C)CCCCC1. The molecule has 0 atom stereocenters. The summed E-state index contributed by atoms with van der Waals surface area (Å²) in [4.78, 5) is 0. The first-order valence-electron chi connectivity index (χ1n) is 34.9. The van der Waals surface area contributed by atoms with Crippen LogP contribution in [-0.4, -0.2) is 0 Å². The molecule has 0 amide bonds. The highest BCUT2D eigenvalue weighted by molar-refractivity contribution is 4.65. The van der Waals surface area contributed by atoms with Gasteiger partial charge in [-0.25, -0.2) is 0 Å². The second-order valence-corrected chi connectivity index (χ2v) is 20.5. The summed E-state index contributed by atoms with van der Waals surface area (Å²) in [5, 5.41) is 0. The fourth-order valence-corrected chi connectivity index (χ4v) is 5.09. The molecule has 0 saturated heterocycles. The molecular weight excluding hydrogens is 781 g/mol. The maximum absolute atomic E-state index is 7.63. The monoisotopic (exact) mass is 942 g/mol. The highest BCUT2D eigenvalue weighted by atomic mass is 14.2. The van der Waals surface area contributed by atoms with Crippen LogP contribution in [0.2, 0.25) is 0 Å². The number of hydrogen-bond donors (Lipinski definition) is 0. The summed E-state index contributed by atoms with van der Waals surface area (Å²) in [7, 11) is 0. The molecule has 0 heteroatoms. The summed E-state index contributed by atoms with van der Waals surface area (Å²) >= 11 is 0.